The first-order valence-electron chi connectivity index (χ1n) is 11.9. The van der Waals surface area contributed by atoms with E-state index in [9.17, 15) is 9.59 Å². The Morgan fingerprint density at radius 1 is 0.857 bits per heavy atom. The van der Waals surface area contributed by atoms with Crippen LogP contribution in [0, 0.1) is 0 Å². The molecule has 0 spiro atoms. The van der Waals surface area contributed by atoms with E-state index in [-0.39, 0.29) is 12.0 Å². The molecule has 182 valence electrons. The van der Waals surface area contributed by atoms with E-state index in [1.165, 1.54) is 5.56 Å². The number of likely N-dealkylation sites (tertiary alicyclic amines) is 1. The van der Waals surface area contributed by atoms with E-state index < -0.39 is 5.60 Å². The maximum Gasteiger partial charge on any atom is 0.410 e. The summed E-state index contributed by atoms with van der Waals surface area (Å²) in [5.74, 6) is 0.241. The molecule has 4 rings (SSSR count). The molecule has 0 aliphatic carbocycles. The number of halogens is 1. The summed E-state index contributed by atoms with van der Waals surface area (Å²) in [6, 6.07) is 23.1. The van der Waals surface area contributed by atoms with E-state index >= 15 is 0 Å². The van der Waals surface area contributed by atoms with Gasteiger partial charge in [0.25, 0.3) is 5.91 Å². The number of amides is 2. The largest absolute Gasteiger partial charge is 0.444 e. The highest BCUT2D eigenvalue weighted by Gasteiger charge is 2.27. The van der Waals surface area contributed by atoms with Crippen molar-refractivity contribution in [2.24, 2.45) is 0 Å². The third kappa shape index (κ3) is 6.64. The van der Waals surface area contributed by atoms with Gasteiger partial charge in [-0.1, -0.05) is 48.0 Å². The van der Waals surface area contributed by atoms with Gasteiger partial charge in [0, 0.05) is 29.4 Å². The van der Waals surface area contributed by atoms with Crippen molar-refractivity contribution in [3.63, 3.8) is 0 Å². The molecular formula is C29H31ClN2O3. The average molecular weight is 491 g/mol. The molecule has 35 heavy (non-hydrogen) atoms. The number of hydrogen-bond acceptors (Lipinski definition) is 3. The van der Waals surface area contributed by atoms with Crippen LogP contribution in [0.3, 0.4) is 0 Å². The number of rotatable bonds is 4. The molecule has 2 amide bonds. The Morgan fingerprint density at radius 2 is 1.40 bits per heavy atom. The lowest BCUT2D eigenvalue weighted by atomic mass is 9.89. The minimum absolute atomic E-state index is 0.147. The number of benzene rings is 3. The lowest BCUT2D eigenvalue weighted by Gasteiger charge is -2.33. The van der Waals surface area contributed by atoms with Crippen LogP contribution in [-0.4, -0.2) is 35.6 Å². The molecule has 0 unspecified atom stereocenters. The first-order chi connectivity index (χ1) is 16.7. The zero-order valence-electron chi connectivity index (χ0n) is 20.4. The molecule has 1 heterocycles. The Morgan fingerprint density at radius 3 is 1.94 bits per heavy atom. The summed E-state index contributed by atoms with van der Waals surface area (Å²) in [5.41, 5.74) is 4.17. The van der Waals surface area contributed by atoms with Crippen molar-refractivity contribution in [1.29, 1.82) is 0 Å². The summed E-state index contributed by atoms with van der Waals surface area (Å²) in [4.78, 5) is 26.8. The van der Waals surface area contributed by atoms with E-state index in [1.807, 2.05) is 81.4 Å². The van der Waals surface area contributed by atoms with Gasteiger partial charge in [0.05, 0.1) is 0 Å². The maximum atomic E-state index is 12.7. The van der Waals surface area contributed by atoms with Gasteiger partial charge in [0.2, 0.25) is 0 Å². The summed E-state index contributed by atoms with van der Waals surface area (Å²) in [5, 5.41) is 3.67. The number of carbonyl (C=O) groups is 2. The molecule has 0 aromatic heterocycles. The van der Waals surface area contributed by atoms with Gasteiger partial charge >= 0.3 is 6.09 Å². The van der Waals surface area contributed by atoms with Crippen LogP contribution < -0.4 is 5.32 Å². The lowest BCUT2D eigenvalue weighted by Crippen LogP contribution is -2.41. The molecular weight excluding hydrogens is 460 g/mol. The van der Waals surface area contributed by atoms with Crippen molar-refractivity contribution in [1.82, 2.24) is 4.90 Å². The zero-order chi connectivity index (χ0) is 25.0. The molecule has 5 nitrogen and oxygen atoms in total. The quantitative estimate of drug-likeness (QED) is 0.415. The number of hydrogen-bond donors (Lipinski definition) is 1. The van der Waals surface area contributed by atoms with Crippen LogP contribution in [0.1, 0.15) is 55.5 Å². The van der Waals surface area contributed by atoms with Crippen LogP contribution in [0.15, 0.2) is 72.8 Å². The second-order valence-corrected chi connectivity index (χ2v) is 10.3. The molecule has 1 saturated heterocycles. The van der Waals surface area contributed by atoms with Gasteiger partial charge in [-0.15, -0.1) is 0 Å². The van der Waals surface area contributed by atoms with Crippen LogP contribution in [0.25, 0.3) is 11.1 Å². The fraction of sp³-hybridized carbons (Fsp3) is 0.310. The van der Waals surface area contributed by atoms with E-state index in [2.05, 4.69) is 17.4 Å². The van der Waals surface area contributed by atoms with E-state index in [1.54, 1.807) is 4.90 Å². The third-order valence-electron chi connectivity index (χ3n) is 6.11. The lowest BCUT2D eigenvalue weighted by molar-refractivity contribution is 0.0205. The van der Waals surface area contributed by atoms with Crippen molar-refractivity contribution < 1.29 is 14.3 Å². The highest BCUT2D eigenvalue weighted by molar-refractivity contribution is 6.30. The Kier molecular flexibility index (Phi) is 7.46. The molecule has 1 aliphatic heterocycles. The first kappa shape index (κ1) is 24.8. The monoisotopic (exact) mass is 490 g/mol. The Bertz CT molecular complexity index is 1160. The van der Waals surface area contributed by atoms with Crippen molar-refractivity contribution in [3.05, 3.63) is 88.9 Å². The van der Waals surface area contributed by atoms with Gasteiger partial charge in [0.15, 0.2) is 0 Å². The van der Waals surface area contributed by atoms with Crippen molar-refractivity contribution >= 4 is 29.3 Å². The minimum atomic E-state index is -0.479. The number of ether oxygens (including phenoxy) is 1. The van der Waals surface area contributed by atoms with Crippen molar-refractivity contribution in [2.45, 2.75) is 45.1 Å². The average Bonchev–Trinajstić information content (AvgIpc) is 2.84. The van der Waals surface area contributed by atoms with Crippen LogP contribution >= 0.6 is 11.6 Å². The standard InChI is InChI=1S/C29H31ClN2O3/c1-29(2,3)35-28(34)32-18-16-23(17-19-32)22-10-14-26(15-11-22)31-27(33)24-6-4-20(5-7-24)21-8-12-25(30)13-9-21/h4-15,23H,16-19H2,1-3H3,(H,31,33). The fourth-order valence-corrected chi connectivity index (χ4v) is 4.35. The van der Waals surface area contributed by atoms with Gasteiger partial charge < -0.3 is 15.0 Å². The van der Waals surface area contributed by atoms with Gasteiger partial charge in [0.1, 0.15) is 5.60 Å². The van der Waals surface area contributed by atoms with E-state index in [0.29, 0.717) is 29.6 Å². The van der Waals surface area contributed by atoms with Crippen molar-refractivity contribution in [2.75, 3.05) is 18.4 Å². The number of carbonyl (C=O) groups excluding carboxylic acids is 2. The molecule has 0 saturated carbocycles. The van der Waals surface area contributed by atoms with E-state index in [4.69, 9.17) is 16.3 Å². The highest BCUT2D eigenvalue weighted by Crippen LogP contribution is 2.30. The molecule has 0 bridgehead atoms. The van der Waals surface area contributed by atoms with Gasteiger partial charge in [-0.3, -0.25) is 4.79 Å². The van der Waals surface area contributed by atoms with Gasteiger partial charge in [-0.2, -0.15) is 0 Å². The Balaban J connectivity index is 1.31. The topological polar surface area (TPSA) is 58.6 Å². The molecule has 3 aromatic carbocycles. The van der Waals surface area contributed by atoms with Crippen LogP contribution in [0.5, 0.6) is 0 Å². The van der Waals surface area contributed by atoms with Crippen LogP contribution in [0.4, 0.5) is 10.5 Å². The molecule has 6 heteroatoms. The van der Waals surface area contributed by atoms with Gasteiger partial charge in [-0.05, 0) is 92.6 Å². The highest BCUT2D eigenvalue weighted by atomic mass is 35.5. The predicted molar refractivity (Wildman–Crippen MR) is 141 cm³/mol. The summed E-state index contributed by atoms with van der Waals surface area (Å²) in [7, 11) is 0. The fourth-order valence-electron chi connectivity index (χ4n) is 4.22. The number of anilines is 1. The SMILES string of the molecule is CC(C)(C)OC(=O)N1CCC(c2ccc(NC(=O)c3ccc(-c4ccc(Cl)cc4)cc3)cc2)CC1. The Labute approximate surface area is 212 Å². The Hall–Kier alpha value is -3.31. The summed E-state index contributed by atoms with van der Waals surface area (Å²) in [6.07, 6.45) is 1.55. The summed E-state index contributed by atoms with van der Waals surface area (Å²) in [6.45, 7) is 7.02. The number of nitrogens with zero attached hydrogens (tertiary/aromatic N) is 1. The van der Waals surface area contributed by atoms with Crippen LogP contribution in [-0.2, 0) is 4.74 Å². The molecule has 3 aromatic rings. The van der Waals surface area contributed by atoms with Gasteiger partial charge in [-0.25, -0.2) is 4.79 Å². The minimum Gasteiger partial charge on any atom is -0.444 e. The second-order valence-electron chi connectivity index (χ2n) is 9.90. The number of piperidine rings is 1. The van der Waals surface area contributed by atoms with Crippen molar-refractivity contribution in [3.8, 4) is 11.1 Å². The normalized spacial score (nSPS) is 14.5. The molecule has 1 N–H and O–H groups in total. The van der Waals surface area contributed by atoms with E-state index in [0.717, 1.165) is 29.7 Å². The summed E-state index contributed by atoms with van der Waals surface area (Å²) >= 11 is 5.96. The molecule has 0 radical (unpaired) electrons. The number of nitrogens with one attached hydrogen (secondary N) is 1. The third-order valence-corrected chi connectivity index (χ3v) is 6.36. The molecule has 0 atom stereocenters. The maximum absolute atomic E-state index is 12.7. The predicted octanol–water partition coefficient (Wildman–Crippen LogP) is 7.37. The zero-order valence-corrected chi connectivity index (χ0v) is 21.1. The van der Waals surface area contributed by atoms with Crippen LogP contribution in [0.2, 0.25) is 5.02 Å². The smallest absolute Gasteiger partial charge is 0.410 e. The second kappa shape index (κ2) is 10.5. The first-order valence-corrected chi connectivity index (χ1v) is 12.3. The summed E-state index contributed by atoms with van der Waals surface area (Å²) < 4.78 is 5.48. The molecule has 1 fully saturated rings. The molecule has 1 aliphatic rings.